The van der Waals surface area contributed by atoms with Gasteiger partial charge in [0, 0.05) is 50.4 Å². The predicted octanol–water partition coefficient (Wildman–Crippen LogP) is 4.03. The molecule has 8 nitrogen and oxygen atoms in total. The summed E-state index contributed by atoms with van der Waals surface area (Å²) < 4.78 is 47.0. The monoisotopic (exact) mass is 490 g/mol. The number of carbonyl (C=O) groups is 1. The molecule has 3 saturated heterocycles. The second-order valence-electron chi connectivity index (χ2n) is 10.9. The lowest BCUT2D eigenvalue weighted by Gasteiger charge is -2.49. The van der Waals surface area contributed by atoms with Gasteiger partial charge in [-0.3, -0.25) is 0 Å². The molecule has 1 atom stereocenters. The molecule has 1 aromatic carbocycles. The average Bonchev–Trinajstić information content (AvgIpc) is 3.45. The first-order chi connectivity index (χ1) is 16.6. The molecule has 3 fully saturated rings. The third kappa shape index (κ3) is 4.65. The largest absolute Gasteiger partial charge is 0.444 e. The molecule has 3 aliphatic rings. The summed E-state index contributed by atoms with van der Waals surface area (Å²) in [5, 5.41) is 11.0. The van der Waals surface area contributed by atoms with Crippen LogP contribution in [0.3, 0.4) is 0 Å². The van der Waals surface area contributed by atoms with Crippen LogP contribution in [-0.4, -0.2) is 66.2 Å². The number of rotatable bonds is 4. The van der Waals surface area contributed by atoms with Crippen LogP contribution in [0.1, 0.15) is 68.4 Å². The van der Waals surface area contributed by atoms with Gasteiger partial charge in [-0.25, -0.2) is 4.79 Å². The van der Waals surface area contributed by atoms with Crippen LogP contribution in [-0.2, 0) is 15.4 Å². The van der Waals surface area contributed by atoms with Gasteiger partial charge in [-0.2, -0.15) is 8.78 Å². The average molecular weight is 491 g/mol. The van der Waals surface area contributed by atoms with Crippen LogP contribution in [0.25, 0.3) is 0 Å². The summed E-state index contributed by atoms with van der Waals surface area (Å²) >= 11 is 0. The molecule has 35 heavy (non-hydrogen) atoms. The van der Waals surface area contributed by atoms with E-state index in [0.717, 1.165) is 18.4 Å². The van der Waals surface area contributed by atoms with Crippen molar-refractivity contribution in [2.75, 3.05) is 39.4 Å². The van der Waals surface area contributed by atoms with Gasteiger partial charge in [0.05, 0.1) is 5.92 Å². The Bertz CT molecular complexity index is 1050. The number of hydrogen-bond donors (Lipinski definition) is 1. The molecule has 5 rings (SSSR count). The minimum atomic E-state index is -3.40. The number of likely N-dealkylation sites (tertiary alicyclic amines) is 1. The highest BCUT2D eigenvalue weighted by Crippen LogP contribution is 2.47. The molecule has 10 heteroatoms. The summed E-state index contributed by atoms with van der Waals surface area (Å²) in [5.41, 5.74) is -0.0510. The minimum absolute atomic E-state index is 0.173. The molecule has 3 aliphatic heterocycles. The summed E-state index contributed by atoms with van der Waals surface area (Å²) in [6, 6.07) is 6.40. The van der Waals surface area contributed by atoms with Gasteiger partial charge in [-0.05, 0) is 45.1 Å². The maximum Gasteiger partial charge on any atom is 0.410 e. The van der Waals surface area contributed by atoms with Crippen LogP contribution in [0.2, 0.25) is 0 Å². The Balaban J connectivity index is 1.28. The molecular weight excluding hydrogens is 458 g/mol. The zero-order valence-corrected chi connectivity index (χ0v) is 20.4. The number of aromatic nitrogens is 2. The van der Waals surface area contributed by atoms with Gasteiger partial charge >= 0.3 is 12.0 Å². The standard InChI is InChI=1S/C25H32F2N4O4/c1-23(2,3)35-22(32)31-14-24(15-31)13-28-12-19(24)20-29-30-21(34-20)25(26,27)18-6-4-16(5-7-18)17-8-10-33-11-9-17/h4-7,17,19,28H,8-15H2,1-3H3. The fourth-order valence-electron chi connectivity index (χ4n) is 5.28. The molecule has 0 saturated carbocycles. The van der Waals surface area contributed by atoms with E-state index < -0.39 is 17.4 Å². The van der Waals surface area contributed by atoms with Crippen molar-refractivity contribution in [2.24, 2.45) is 5.41 Å². The van der Waals surface area contributed by atoms with Crippen LogP contribution >= 0.6 is 0 Å². The number of ether oxygens (including phenoxy) is 2. The van der Waals surface area contributed by atoms with Crippen LogP contribution < -0.4 is 5.32 Å². The van der Waals surface area contributed by atoms with Crippen molar-refractivity contribution in [3.63, 3.8) is 0 Å². The normalized spacial score (nSPS) is 22.9. The first-order valence-electron chi connectivity index (χ1n) is 12.2. The van der Waals surface area contributed by atoms with Crippen molar-refractivity contribution in [2.45, 2.75) is 57.0 Å². The minimum Gasteiger partial charge on any atom is -0.444 e. The van der Waals surface area contributed by atoms with Crippen LogP contribution in [0.5, 0.6) is 0 Å². The number of carbonyl (C=O) groups excluding carboxylic acids is 1. The quantitative estimate of drug-likeness (QED) is 0.692. The Kier molecular flexibility index (Phi) is 6.07. The highest BCUT2D eigenvalue weighted by molar-refractivity contribution is 5.69. The summed E-state index contributed by atoms with van der Waals surface area (Å²) in [6.45, 7) is 8.90. The lowest BCUT2D eigenvalue weighted by atomic mass is 9.71. The number of hydrogen-bond acceptors (Lipinski definition) is 7. The predicted molar refractivity (Wildman–Crippen MR) is 122 cm³/mol. The first-order valence-corrected chi connectivity index (χ1v) is 12.2. The Morgan fingerprint density at radius 2 is 1.83 bits per heavy atom. The van der Waals surface area contributed by atoms with E-state index in [0.29, 0.717) is 45.3 Å². The number of benzene rings is 1. The van der Waals surface area contributed by atoms with E-state index in [9.17, 15) is 4.79 Å². The molecule has 1 amide bonds. The van der Waals surface area contributed by atoms with E-state index in [4.69, 9.17) is 13.9 Å². The summed E-state index contributed by atoms with van der Waals surface area (Å²) in [5.74, 6) is -3.87. The molecule has 1 aromatic heterocycles. The second kappa shape index (κ2) is 8.81. The van der Waals surface area contributed by atoms with E-state index in [1.165, 1.54) is 12.1 Å². The Labute approximate surface area is 203 Å². The molecule has 0 aliphatic carbocycles. The summed E-state index contributed by atoms with van der Waals surface area (Å²) in [6.07, 6.45) is 1.41. The zero-order valence-electron chi connectivity index (χ0n) is 20.4. The van der Waals surface area contributed by atoms with Crippen LogP contribution in [0, 0.1) is 5.41 Å². The molecule has 0 bridgehead atoms. The lowest BCUT2D eigenvalue weighted by Crippen LogP contribution is -2.62. The van der Waals surface area contributed by atoms with Crippen LogP contribution in [0.15, 0.2) is 28.7 Å². The van der Waals surface area contributed by atoms with E-state index in [1.807, 2.05) is 20.8 Å². The van der Waals surface area contributed by atoms with E-state index >= 15 is 8.78 Å². The Morgan fingerprint density at radius 1 is 1.14 bits per heavy atom. The lowest BCUT2D eigenvalue weighted by molar-refractivity contribution is -0.0362. The van der Waals surface area contributed by atoms with Gasteiger partial charge in [0.2, 0.25) is 5.89 Å². The third-order valence-electron chi connectivity index (χ3n) is 7.20. The molecule has 0 radical (unpaired) electrons. The molecule has 2 aromatic rings. The fraction of sp³-hybridized carbons (Fsp3) is 0.640. The first kappa shape index (κ1) is 24.1. The van der Waals surface area contributed by atoms with E-state index in [2.05, 4.69) is 15.5 Å². The maximum atomic E-state index is 15.3. The van der Waals surface area contributed by atoms with Crippen molar-refractivity contribution >= 4 is 6.09 Å². The smallest absolute Gasteiger partial charge is 0.410 e. The van der Waals surface area contributed by atoms with Gasteiger partial charge in [-0.1, -0.05) is 24.3 Å². The van der Waals surface area contributed by atoms with Gasteiger partial charge in [0.25, 0.3) is 5.89 Å². The number of halogens is 2. The molecule has 190 valence electrons. The summed E-state index contributed by atoms with van der Waals surface area (Å²) in [4.78, 5) is 14.0. The fourth-order valence-corrected chi connectivity index (χ4v) is 5.28. The van der Waals surface area contributed by atoms with Gasteiger partial charge < -0.3 is 24.1 Å². The van der Waals surface area contributed by atoms with Crippen molar-refractivity contribution < 1.29 is 27.5 Å². The molecule has 1 N–H and O–H groups in total. The number of nitrogens with one attached hydrogen (secondary N) is 1. The molecule has 1 spiro atoms. The SMILES string of the molecule is CC(C)(C)OC(=O)N1CC2(CNCC2c2nnc(C(F)(F)c3ccc(C4CCOCC4)cc3)o2)C1. The summed E-state index contributed by atoms with van der Waals surface area (Å²) in [7, 11) is 0. The number of nitrogens with zero attached hydrogens (tertiary/aromatic N) is 3. The Hall–Kier alpha value is -2.59. The van der Waals surface area contributed by atoms with E-state index in [-0.39, 0.29) is 28.9 Å². The van der Waals surface area contributed by atoms with Crippen molar-refractivity contribution in [1.82, 2.24) is 20.4 Å². The highest BCUT2D eigenvalue weighted by atomic mass is 19.3. The van der Waals surface area contributed by atoms with Gasteiger partial charge in [0.15, 0.2) is 0 Å². The molecule has 1 unspecified atom stereocenters. The second-order valence-corrected chi connectivity index (χ2v) is 10.9. The molecular formula is C25H32F2N4O4. The van der Waals surface area contributed by atoms with Gasteiger partial charge in [0.1, 0.15) is 5.60 Å². The number of amides is 1. The van der Waals surface area contributed by atoms with Crippen molar-refractivity contribution in [3.05, 3.63) is 47.2 Å². The Morgan fingerprint density at radius 3 is 2.49 bits per heavy atom. The van der Waals surface area contributed by atoms with Crippen molar-refractivity contribution in [3.8, 4) is 0 Å². The third-order valence-corrected chi connectivity index (χ3v) is 7.20. The zero-order chi connectivity index (χ0) is 24.8. The van der Waals surface area contributed by atoms with Crippen molar-refractivity contribution in [1.29, 1.82) is 0 Å². The van der Waals surface area contributed by atoms with E-state index in [1.54, 1.807) is 17.0 Å². The van der Waals surface area contributed by atoms with Gasteiger partial charge in [-0.15, -0.1) is 10.2 Å². The maximum absolute atomic E-state index is 15.3. The highest BCUT2D eigenvalue weighted by Gasteiger charge is 2.56. The van der Waals surface area contributed by atoms with Crippen LogP contribution in [0.4, 0.5) is 13.6 Å². The topological polar surface area (TPSA) is 89.7 Å². The molecule has 4 heterocycles. The number of alkyl halides is 2.